The van der Waals surface area contributed by atoms with E-state index in [4.69, 9.17) is 5.73 Å². The van der Waals surface area contributed by atoms with Gasteiger partial charge < -0.3 is 11.1 Å². The Morgan fingerprint density at radius 2 is 2.38 bits per heavy atom. The van der Waals surface area contributed by atoms with E-state index < -0.39 is 0 Å². The van der Waals surface area contributed by atoms with E-state index in [9.17, 15) is 0 Å². The Balaban J connectivity index is 0.000000845. The number of rotatable bonds is 1. The van der Waals surface area contributed by atoms with Crippen LogP contribution in [0, 0.1) is 0 Å². The highest BCUT2D eigenvalue weighted by Gasteiger charge is 2.17. The molecule has 0 aromatic carbocycles. The summed E-state index contributed by atoms with van der Waals surface area (Å²) in [7, 11) is 0. The van der Waals surface area contributed by atoms with Crippen molar-refractivity contribution in [2.45, 2.75) is 18.9 Å². The van der Waals surface area contributed by atoms with Gasteiger partial charge in [0, 0.05) is 17.8 Å². The molecule has 0 aliphatic carbocycles. The fraction of sp³-hybridized carbons (Fsp3) is 0.444. The second-order valence-electron chi connectivity index (χ2n) is 3.13. The van der Waals surface area contributed by atoms with E-state index in [0.29, 0.717) is 11.9 Å². The lowest BCUT2D eigenvalue weighted by Gasteiger charge is -2.11. The van der Waals surface area contributed by atoms with E-state index >= 15 is 0 Å². The number of nitrogens with one attached hydrogen (secondary N) is 1. The zero-order valence-electron chi connectivity index (χ0n) is 7.36. The van der Waals surface area contributed by atoms with E-state index in [1.54, 1.807) is 6.20 Å². The van der Waals surface area contributed by atoms with Crippen molar-refractivity contribution in [2.24, 2.45) is 0 Å². The quantitative estimate of drug-likeness (QED) is 0.721. The van der Waals surface area contributed by atoms with Crippen LogP contribution in [0.1, 0.15) is 24.4 Å². The minimum atomic E-state index is 0. The van der Waals surface area contributed by atoms with Gasteiger partial charge in [0.05, 0.1) is 0 Å². The molecule has 0 spiro atoms. The van der Waals surface area contributed by atoms with Crippen LogP contribution in [-0.4, -0.2) is 11.5 Å². The summed E-state index contributed by atoms with van der Waals surface area (Å²) in [5.74, 6) is 0.664. The van der Waals surface area contributed by atoms with Crippen LogP contribution in [0.5, 0.6) is 0 Å². The Labute approximate surface area is 84.1 Å². The highest BCUT2D eigenvalue weighted by atomic mass is 35.5. The van der Waals surface area contributed by atoms with Gasteiger partial charge in [-0.1, -0.05) is 6.07 Å². The van der Waals surface area contributed by atoms with Crippen molar-refractivity contribution in [3.63, 3.8) is 0 Å². The highest BCUT2D eigenvalue weighted by Crippen LogP contribution is 2.25. The monoisotopic (exact) mass is 199 g/mol. The lowest BCUT2D eigenvalue weighted by atomic mass is 10.1. The van der Waals surface area contributed by atoms with Crippen molar-refractivity contribution in [3.8, 4) is 0 Å². The summed E-state index contributed by atoms with van der Waals surface area (Å²) in [6, 6.07) is 4.41. The molecule has 1 aromatic rings. The van der Waals surface area contributed by atoms with Crippen LogP contribution in [0.2, 0.25) is 0 Å². The molecule has 1 atom stereocenters. The van der Waals surface area contributed by atoms with Gasteiger partial charge >= 0.3 is 0 Å². The SMILES string of the molecule is Cl.Nc1ncccc1[C@H]1CCCN1. The molecule has 3 N–H and O–H groups in total. The van der Waals surface area contributed by atoms with Crippen molar-refractivity contribution >= 4 is 18.2 Å². The molecule has 1 saturated heterocycles. The number of aromatic nitrogens is 1. The summed E-state index contributed by atoms with van der Waals surface area (Å²) < 4.78 is 0. The van der Waals surface area contributed by atoms with Crippen LogP contribution in [0.15, 0.2) is 18.3 Å². The Morgan fingerprint density at radius 1 is 1.54 bits per heavy atom. The molecule has 0 saturated carbocycles. The summed E-state index contributed by atoms with van der Waals surface area (Å²) in [6.07, 6.45) is 4.14. The van der Waals surface area contributed by atoms with Crippen LogP contribution in [0.4, 0.5) is 5.82 Å². The Hall–Kier alpha value is -0.800. The summed E-state index contributed by atoms with van der Waals surface area (Å²) in [4.78, 5) is 4.06. The first-order chi connectivity index (χ1) is 5.88. The third-order valence-corrected chi connectivity index (χ3v) is 2.31. The fourth-order valence-corrected chi connectivity index (χ4v) is 1.67. The van der Waals surface area contributed by atoms with E-state index in [-0.39, 0.29) is 12.4 Å². The molecule has 2 rings (SSSR count). The van der Waals surface area contributed by atoms with E-state index in [1.165, 1.54) is 12.8 Å². The molecule has 13 heavy (non-hydrogen) atoms. The normalized spacial score (nSPS) is 21.1. The van der Waals surface area contributed by atoms with Crippen LogP contribution < -0.4 is 11.1 Å². The van der Waals surface area contributed by atoms with Crippen molar-refractivity contribution in [1.82, 2.24) is 10.3 Å². The van der Waals surface area contributed by atoms with Crippen LogP contribution in [-0.2, 0) is 0 Å². The van der Waals surface area contributed by atoms with Gasteiger partial charge in [0.1, 0.15) is 5.82 Å². The third-order valence-electron chi connectivity index (χ3n) is 2.31. The summed E-state index contributed by atoms with van der Waals surface area (Å²) >= 11 is 0. The second kappa shape index (κ2) is 4.44. The predicted molar refractivity (Wildman–Crippen MR) is 55.9 cm³/mol. The van der Waals surface area contributed by atoms with Gasteiger partial charge in [-0.15, -0.1) is 12.4 Å². The maximum absolute atomic E-state index is 5.75. The molecule has 2 heterocycles. The van der Waals surface area contributed by atoms with E-state index in [0.717, 1.165) is 12.1 Å². The zero-order chi connectivity index (χ0) is 8.39. The maximum atomic E-state index is 5.75. The maximum Gasteiger partial charge on any atom is 0.128 e. The first-order valence-corrected chi connectivity index (χ1v) is 4.31. The van der Waals surface area contributed by atoms with Gasteiger partial charge in [-0.2, -0.15) is 0 Å². The zero-order valence-corrected chi connectivity index (χ0v) is 8.18. The Bertz CT molecular complexity index is 271. The molecule has 1 fully saturated rings. The first-order valence-electron chi connectivity index (χ1n) is 4.31. The Kier molecular flexibility index (Phi) is 3.51. The average molecular weight is 200 g/mol. The van der Waals surface area contributed by atoms with Crippen molar-refractivity contribution < 1.29 is 0 Å². The fourth-order valence-electron chi connectivity index (χ4n) is 1.67. The summed E-state index contributed by atoms with van der Waals surface area (Å²) in [5.41, 5.74) is 6.90. The number of nitrogen functional groups attached to an aromatic ring is 1. The van der Waals surface area contributed by atoms with Gasteiger partial charge in [-0.05, 0) is 25.5 Å². The van der Waals surface area contributed by atoms with Crippen molar-refractivity contribution in [2.75, 3.05) is 12.3 Å². The topological polar surface area (TPSA) is 50.9 Å². The van der Waals surface area contributed by atoms with Crippen molar-refractivity contribution in [1.29, 1.82) is 0 Å². The van der Waals surface area contributed by atoms with Gasteiger partial charge in [-0.3, -0.25) is 0 Å². The minimum absolute atomic E-state index is 0. The molecule has 1 aliphatic rings. The molecule has 1 aliphatic heterocycles. The molecule has 0 bridgehead atoms. The molecule has 0 amide bonds. The van der Waals surface area contributed by atoms with Gasteiger partial charge in [0.25, 0.3) is 0 Å². The summed E-state index contributed by atoms with van der Waals surface area (Å²) in [5, 5.41) is 3.39. The molecule has 3 nitrogen and oxygen atoms in total. The molecule has 1 aromatic heterocycles. The number of nitrogens with two attached hydrogens (primary N) is 1. The van der Waals surface area contributed by atoms with E-state index in [2.05, 4.69) is 10.3 Å². The number of hydrogen-bond acceptors (Lipinski definition) is 3. The van der Waals surface area contributed by atoms with Crippen LogP contribution >= 0.6 is 12.4 Å². The largest absolute Gasteiger partial charge is 0.383 e. The molecule has 0 unspecified atom stereocenters. The number of anilines is 1. The molecule has 0 radical (unpaired) electrons. The van der Waals surface area contributed by atoms with Crippen LogP contribution in [0.3, 0.4) is 0 Å². The molecular formula is C9H14ClN3. The molecular weight excluding hydrogens is 186 g/mol. The number of hydrogen-bond donors (Lipinski definition) is 2. The summed E-state index contributed by atoms with van der Waals surface area (Å²) in [6.45, 7) is 1.10. The third kappa shape index (κ3) is 2.11. The number of nitrogens with zero attached hydrogens (tertiary/aromatic N) is 1. The number of halogens is 1. The average Bonchev–Trinajstić information content (AvgIpc) is 2.57. The van der Waals surface area contributed by atoms with E-state index in [1.807, 2.05) is 12.1 Å². The Morgan fingerprint density at radius 3 is 3.00 bits per heavy atom. The van der Waals surface area contributed by atoms with Gasteiger partial charge in [0.2, 0.25) is 0 Å². The highest BCUT2D eigenvalue weighted by molar-refractivity contribution is 5.85. The molecule has 4 heteroatoms. The second-order valence-corrected chi connectivity index (χ2v) is 3.13. The van der Waals surface area contributed by atoms with Crippen LogP contribution in [0.25, 0.3) is 0 Å². The van der Waals surface area contributed by atoms with Gasteiger partial charge in [-0.25, -0.2) is 4.98 Å². The lowest BCUT2D eigenvalue weighted by Crippen LogP contribution is -2.14. The van der Waals surface area contributed by atoms with Crippen molar-refractivity contribution in [3.05, 3.63) is 23.9 Å². The predicted octanol–water partition coefficient (Wildman–Crippen LogP) is 1.51. The number of pyridine rings is 1. The standard InChI is InChI=1S/C9H13N3.ClH/c10-9-7(3-1-6-12-9)8-4-2-5-11-8;/h1,3,6,8,11H,2,4-5H2,(H2,10,12);1H/t8-;/m1./s1. The lowest BCUT2D eigenvalue weighted by molar-refractivity contribution is 0.647. The molecule has 72 valence electrons. The smallest absolute Gasteiger partial charge is 0.128 e. The first kappa shape index (κ1) is 10.3. The minimum Gasteiger partial charge on any atom is -0.383 e. The van der Waals surface area contributed by atoms with Gasteiger partial charge in [0.15, 0.2) is 0 Å².